The van der Waals surface area contributed by atoms with Gasteiger partial charge in [0.05, 0.1) is 22.6 Å². The number of nitrogens with two attached hydrogens (primary N) is 1. The van der Waals surface area contributed by atoms with Crippen LogP contribution < -0.4 is 10.5 Å². The highest BCUT2D eigenvalue weighted by Crippen LogP contribution is 2.37. The first-order valence-corrected chi connectivity index (χ1v) is 8.95. The lowest BCUT2D eigenvalue weighted by molar-refractivity contribution is 0.103. The van der Waals surface area contributed by atoms with Gasteiger partial charge in [-0.05, 0) is 42.0 Å². The third-order valence-corrected chi connectivity index (χ3v) is 5.37. The van der Waals surface area contributed by atoms with Crippen LogP contribution in [0, 0.1) is 11.6 Å². The summed E-state index contributed by atoms with van der Waals surface area (Å²) in [5.41, 5.74) is 6.31. The highest BCUT2D eigenvalue weighted by molar-refractivity contribution is 7.17. The molecular formula is C19H14ClF2NO3S. The smallest absolute Gasteiger partial charge is 0.209 e. The molecule has 0 aliphatic carbocycles. The zero-order chi connectivity index (χ0) is 19.7. The van der Waals surface area contributed by atoms with Gasteiger partial charge in [0, 0.05) is 17.0 Å². The first-order valence-electron chi connectivity index (χ1n) is 7.75. The van der Waals surface area contributed by atoms with Crippen LogP contribution in [-0.4, -0.2) is 18.0 Å². The summed E-state index contributed by atoms with van der Waals surface area (Å²) in [5.74, 6) is -3.49. The molecule has 0 radical (unpaired) electrons. The molecule has 0 aliphatic rings. The lowest BCUT2D eigenvalue weighted by Crippen LogP contribution is -2.06. The fourth-order valence-electron chi connectivity index (χ4n) is 2.66. The van der Waals surface area contributed by atoms with Gasteiger partial charge in [0.15, 0.2) is 11.6 Å². The minimum atomic E-state index is -1.28. The van der Waals surface area contributed by atoms with Crippen molar-refractivity contribution >= 4 is 28.7 Å². The Morgan fingerprint density at radius 2 is 2.00 bits per heavy atom. The number of hydrogen-bond acceptors (Lipinski definition) is 5. The highest BCUT2D eigenvalue weighted by atomic mass is 35.5. The Morgan fingerprint density at radius 1 is 1.26 bits per heavy atom. The monoisotopic (exact) mass is 409 g/mol. The summed E-state index contributed by atoms with van der Waals surface area (Å²) in [6, 6.07) is 8.25. The van der Waals surface area contributed by atoms with Crippen LogP contribution in [0.5, 0.6) is 11.5 Å². The van der Waals surface area contributed by atoms with E-state index in [1.54, 1.807) is 18.2 Å². The van der Waals surface area contributed by atoms with Gasteiger partial charge in [-0.25, -0.2) is 8.78 Å². The van der Waals surface area contributed by atoms with Crippen LogP contribution in [0.3, 0.4) is 0 Å². The van der Waals surface area contributed by atoms with Gasteiger partial charge in [0.1, 0.15) is 11.6 Å². The number of methoxy groups -OCH3 is 1. The molecule has 0 spiro atoms. The van der Waals surface area contributed by atoms with Crippen LogP contribution in [0.4, 0.5) is 8.78 Å². The predicted octanol–water partition coefficient (Wildman–Crippen LogP) is 4.75. The molecule has 1 aromatic heterocycles. The maximum atomic E-state index is 14.0. The number of hydrogen-bond donors (Lipinski definition) is 2. The van der Waals surface area contributed by atoms with Gasteiger partial charge in [0.25, 0.3) is 0 Å². The third kappa shape index (κ3) is 3.53. The fourth-order valence-corrected chi connectivity index (χ4v) is 3.92. The molecule has 3 rings (SSSR count). The molecule has 0 amide bonds. The van der Waals surface area contributed by atoms with E-state index in [1.807, 2.05) is 0 Å². The minimum absolute atomic E-state index is 0.120. The second-order valence-corrected chi connectivity index (χ2v) is 7.09. The van der Waals surface area contributed by atoms with E-state index in [-0.39, 0.29) is 11.4 Å². The molecule has 8 heteroatoms. The summed E-state index contributed by atoms with van der Waals surface area (Å²) in [4.78, 5) is 13.3. The number of phenolic OH excluding ortho intramolecular Hbond substituents is 1. The van der Waals surface area contributed by atoms with Crippen LogP contribution in [-0.2, 0) is 6.54 Å². The van der Waals surface area contributed by atoms with Crippen molar-refractivity contribution in [2.75, 3.05) is 7.11 Å². The van der Waals surface area contributed by atoms with Crippen molar-refractivity contribution in [3.63, 3.8) is 0 Å². The summed E-state index contributed by atoms with van der Waals surface area (Å²) in [6.07, 6.45) is 0. The van der Waals surface area contributed by atoms with E-state index in [1.165, 1.54) is 13.2 Å². The quantitative estimate of drug-likeness (QED) is 0.596. The van der Waals surface area contributed by atoms with Crippen LogP contribution >= 0.6 is 22.9 Å². The Bertz CT molecular complexity index is 1040. The zero-order valence-corrected chi connectivity index (χ0v) is 15.6. The van der Waals surface area contributed by atoms with Crippen molar-refractivity contribution in [1.82, 2.24) is 0 Å². The first-order chi connectivity index (χ1) is 12.9. The Kier molecular flexibility index (Phi) is 5.46. The SMILES string of the molecule is COc1c(Cl)cc(-c2ccc(C(=O)c3c(F)ccc(O)c3F)s2)cc1CN. The number of benzene rings is 2. The first kappa shape index (κ1) is 19.3. The summed E-state index contributed by atoms with van der Waals surface area (Å²) in [7, 11) is 1.49. The maximum Gasteiger partial charge on any atom is 0.209 e. The zero-order valence-electron chi connectivity index (χ0n) is 14.1. The molecule has 0 aliphatic heterocycles. The van der Waals surface area contributed by atoms with Gasteiger partial charge in [-0.3, -0.25) is 4.79 Å². The molecule has 0 atom stereocenters. The predicted molar refractivity (Wildman–Crippen MR) is 101 cm³/mol. The Balaban J connectivity index is 2.02. The van der Waals surface area contributed by atoms with Crippen molar-refractivity contribution in [2.24, 2.45) is 5.73 Å². The normalized spacial score (nSPS) is 10.9. The second kappa shape index (κ2) is 7.64. The topological polar surface area (TPSA) is 72.5 Å². The molecule has 0 saturated heterocycles. The molecule has 3 aromatic rings. The summed E-state index contributed by atoms with van der Waals surface area (Å²) in [5, 5.41) is 9.78. The molecule has 0 saturated carbocycles. The summed E-state index contributed by atoms with van der Waals surface area (Å²) in [6.45, 7) is 0.202. The second-order valence-electron chi connectivity index (χ2n) is 5.60. The largest absolute Gasteiger partial charge is 0.505 e. The Labute approximate surface area is 162 Å². The molecule has 3 N–H and O–H groups in total. The lowest BCUT2D eigenvalue weighted by Gasteiger charge is -2.10. The molecule has 4 nitrogen and oxygen atoms in total. The highest BCUT2D eigenvalue weighted by Gasteiger charge is 2.23. The number of ether oxygens (including phenoxy) is 1. The number of halogens is 3. The molecule has 140 valence electrons. The summed E-state index contributed by atoms with van der Waals surface area (Å²) < 4.78 is 33.2. The van der Waals surface area contributed by atoms with E-state index in [4.69, 9.17) is 22.1 Å². The fraction of sp³-hybridized carbons (Fsp3) is 0.105. The van der Waals surface area contributed by atoms with Gasteiger partial charge in [-0.15, -0.1) is 11.3 Å². The van der Waals surface area contributed by atoms with Crippen molar-refractivity contribution in [1.29, 1.82) is 0 Å². The van der Waals surface area contributed by atoms with Crippen LogP contribution in [0.15, 0.2) is 36.4 Å². The maximum absolute atomic E-state index is 14.0. The van der Waals surface area contributed by atoms with Crippen molar-refractivity contribution in [2.45, 2.75) is 6.54 Å². The number of aromatic hydroxyl groups is 1. The van der Waals surface area contributed by atoms with E-state index in [9.17, 15) is 18.7 Å². The third-order valence-electron chi connectivity index (χ3n) is 3.96. The average molecular weight is 410 g/mol. The number of phenols is 1. The van der Waals surface area contributed by atoms with Gasteiger partial charge in [-0.1, -0.05) is 11.6 Å². The van der Waals surface area contributed by atoms with Crippen LogP contribution in [0.2, 0.25) is 5.02 Å². The van der Waals surface area contributed by atoms with Gasteiger partial charge >= 0.3 is 0 Å². The molecule has 0 bridgehead atoms. The number of rotatable bonds is 5. The van der Waals surface area contributed by atoms with E-state index < -0.39 is 28.7 Å². The molecule has 2 aromatic carbocycles. The Morgan fingerprint density at radius 3 is 2.67 bits per heavy atom. The van der Waals surface area contributed by atoms with E-state index >= 15 is 0 Å². The number of carbonyl (C=O) groups excluding carboxylic acids is 1. The standard InChI is InChI=1S/C19H14ClF2NO3S/c1-26-19-10(8-23)6-9(7-11(19)20)14-4-5-15(27-14)18(25)16-12(21)2-3-13(24)17(16)22/h2-7,24H,8,23H2,1H3. The van der Waals surface area contributed by atoms with Crippen LogP contribution in [0.25, 0.3) is 10.4 Å². The van der Waals surface area contributed by atoms with Gasteiger partial charge < -0.3 is 15.6 Å². The van der Waals surface area contributed by atoms with Crippen molar-refractivity contribution in [3.8, 4) is 21.9 Å². The van der Waals surface area contributed by atoms with Crippen LogP contribution in [0.1, 0.15) is 20.8 Å². The average Bonchev–Trinajstić information content (AvgIpc) is 3.14. The lowest BCUT2D eigenvalue weighted by atomic mass is 10.1. The van der Waals surface area contributed by atoms with E-state index in [0.717, 1.165) is 23.5 Å². The van der Waals surface area contributed by atoms with Crippen molar-refractivity contribution in [3.05, 3.63) is 69.1 Å². The molecule has 1 heterocycles. The molecule has 0 unspecified atom stereocenters. The molecular weight excluding hydrogens is 396 g/mol. The number of thiophene rings is 1. The van der Waals surface area contributed by atoms with E-state index in [2.05, 4.69) is 0 Å². The van der Waals surface area contributed by atoms with Gasteiger partial charge in [-0.2, -0.15) is 0 Å². The molecule has 27 heavy (non-hydrogen) atoms. The van der Waals surface area contributed by atoms with E-state index in [0.29, 0.717) is 26.8 Å². The number of carbonyl (C=O) groups is 1. The minimum Gasteiger partial charge on any atom is -0.505 e. The summed E-state index contributed by atoms with van der Waals surface area (Å²) >= 11 is 7.27. The Hall–Kier alpha value is -2.48. The van der Waals surface area contributed by atoms with Gasteiger partial charge in [0.2, 0.25) is 5.78 Å². The molecule has 0 fully saturated rings. The number of ketones is 1. The van der Waals surface area contributed by atoms with Crippen molar-refractivity contribution < 1.29 is 23.4 Å².